The Morgan fingerprint density at radius 3 is 2.14 bits per heavy atom. The van der Waals surface area contributed by atoms with E-state index in [1.54, 1.807) is 0 Å². The molecule has 0 amide bonds. The van der Waals surface area contributed by atoms with Crippen LogP contribution in [0.5, 0.6) is 0 Å². The lowest BCUT2D eigenvalue weighted by Crippen LogP contribution is -2.19. The summed E-state index contributed by atoms with van der Waals surface area (Å²) >= 11 is 0. The van der Waals surface area contributed by atoms with E-state index in [0.717, 1.165) is 12.8 Å². The summed E-state index contributed by atoms with van der Waals surface area (Å²) in [5.41, 5.74) is 0. The molecule has 2 unspecified atom stereocenters. The first-order valence-corrected chi connectivity index (χ1v) is 6.26. The highest BCUT2D eigenvalue weighted by atomic mass is 16.3. The number of rotatable bonds is 8. The Balaban J connectivity index is 3.46. The molecule has 1 N–H and O–H groups in total. The van der Waals surface area contributed by atoms with Gasteiger partial charge in [-0.2, -0.15) is 0 Å². The highest BCUT2D eigenvalue weighted by molar-refractivity contribution is 4.66. The topological polar surface area (TPSA) is 20.2 Å². The highest BCUT2D eigenvalue weighted by Gasteiger charge is 2.14. The van der Waals surface area contributed by atoms with Crippen LogP contribution in [0.4, 0.5) is 0 Å². The molecule has 0 fully saturated rings. The van der Waals surface area contributed by atoms with Crippen LogP contribution < -0.4 is 0 Å². The number of unbranched alkanes of at least 4 members (excludes halogenated alkanes) is 3. The van der Waals surface area contributed by atoms with Gasteiger partial charge in [0.2, 0.25) is 0 Å². The summed E-state index contributed by atoms with van der Waals surface area (Å²) < 4.78 is 0. The van der Waals surface area contributed by atoms with E-state index in [1.165, 1.54) is 25.7 Å². The van der Waals surface area contributed by atoms with Crippen LogP contribution in [0.1, 0.15) is 66.2 Å². The molecular weight excluding hydrogens is 172 g/mol. The Morgan fingerprint density at radius 1 is 1.00 bits per heavy atom. The Hall–Kier alpha value is -0.0400. The summed E-state index contributed by atoms with van der Waals surface area (Å²) in [7, 11) is 0. The van der Waals surface area contributed by atoms with Gasteiger partial charge in [0.25, 0.3) is 0 Å². The van der Waals surface area contributed by atoms with E-state index in [4.69, 9.17) is 0 Å². The fraction of sp³-hybridized carbons (Fsp3) is 1.00. The predicted octanol–water partition coefficient (Wildman–Crippen LogP) is 4.00. The summed E-state index contributed by atoms with van der Waals surface area (Å²) in [6.45, 7) is 8.84. The van der Waals surface area contributed by atoms with Crippen molar-refractivity contribution >= 4 is 0 Å². The monoisotopic (exact) mass is 200 g/mol. The zero-order chi connectivity index (χ0) is 11.0. The van der Waals surface area contributed by atoms with Crippen LogP contribution in [0.2, 0.25) is 0 Å². The van der Waals surface area contributed by atoms with E-state index in [1.807, 2.05) is 0 Å². The number of hydrogen-bond acceptors (Lipinski definition) is 1. The predicted molar refractivity (Wildman–Crippen MR) is 63.4 cm³/mol. The Kier molecular flexibility index (Phi) is 8.26. The summed E-state index contributed by atoms with van der Waals surface area (Å²) in [6, 6.07) is 0. The van der Waals surface area contributed by atoms with E-state index in [0.29, 0.717) is 11.8 Å². The average Bonchev–Trinajstić information content (AvgIpc) is 2.11. The maximum atomic E-state index is 9.87. The summed E-state index contributed by atoms with van der Waals surface area (Å²) in [6.07, 6.45) is 7.12. The molecule has 0 bridgehead atoms. The van der Waals surface area contributed by atoms with E-state index < -0.39 is 0 Å². The zero-order valence-electron chi connectivity index (χ0n) is 10.4. The van der Waals surface area contributed by atoms with Crippen molar-refractivity contribution in [3.8, 4) is 0 Å². The van der Waals surface area contributed by atoms with Crippen molar-refractivity contribution < 1.29 is 5.11 Å². The molecule has 86 valence electrons. The van der Waals surface area contributed by atoms with Crippen molar-refractivity contribution in [2.45, 2.75) is 72.3 Å². The van der Waals surface area contributed by atoms with E-state index in [9.17, 15) is 5.11 Å². The van der Waals surface area contributed by atoms with Gasteiger partial charge in [0.15, 0.2) is 0 Å². The third kappa shape index (κ3) is 7.37. The molecule has 1 nitrogen and oxygen atoms in total. The standard InChI is InChI=1S/C13H28O/c1-5-6-7-8-9-13(14)12(4)10-11(2)3/h11-14H,5-10H2,1-4H3. The molecule has 14 heavy (non-hydrogen) atoms. The lowest BCUT2D eigenvalue weighted by molar-refractivity contribution is 0.0934. The van der Waals surface area contributed by atoms with Crippen molar-refractivity contribution in [2.75, 3.05) is 0 Å². The largest absolute Gasteiger partial charge is 0.393 e. The van der Waals surface area contributed by atoms with Crippen molar-refractivity contribution in [3.63, 3.8) is 0 Å². The van der Waals surface area contributed by atoms with E-state index in [-0.39, 0.29) is 6.10 Å². The zero-order valence-corrected chi connectivity index (χ0v) is 10.4. The maximum absolute atomic E-state index is 9.87. The van der Waals surface area contributed by atoms with E-state index in [2.05, 4.69) is 27.7 Å². The fourth-order valence-corrected chi connectivity index (χ4v) is 1.97. The molecule has 0 aromatic carbocycles. The first-order valence-electron chi connectivity index (χ1n) is 6.26. The molecule has 0 aliphatic rings. The van der Waals surface area contributed by atoms with Crippen LogP contribution in [-0.2, 0) is 0 Å². The molecule has 0 aliphatic heterocycles. The van der Waals surface area contributed by atoms with Crippen molar-refractivity contribution in [2.24, 2.45) is 11.8 Å². The minimum Gasteiger partial charge on any atom is -0.393 e. The van der Waals surface area contributed by atoms with Crippen molar-refractivity contribution in [1.29, 1.82) is 0 Å². The molecule has 1 heteroatoms. The van der Waals surface area contributed by atoms with Gasteiger partial charge in [-0.3, -0.25) is 0 Å². The van der Waals surface area contributed by atoms with Gasteiger partial charge in [-0.1, -0.05) is 53.4 Å². The highest BCUT2D eigenvalue weighted by Crippen LogP contribution is 2.19. The quantitative estimate of drug-likeness (QED) is 0.587. The smallest absolute Gasteiger partial charge is 0.0565 e. The lowest BCUT2D eigenvalue weighted by Gasteiger charge is -2.20. The lowest BCUT2D eigenvalue weighted by atomic mass is 9.91. The van der Waals surface area contributed by atoms with Crippen LogP contribution >= 0.6 is 0 Å². The second-order valence-electron chi connectivity index (χ2n) is 5.02. The second-order valence-corrected chi connectivity index (χ2v) is 5.02. The van der Waals surface area contributed by atoms with E-state index >= 15 is 0 Å². The van der Waals surface area contributed by atoms with Gasteiger partial charge in [-0.15, -0.1) is 0 Å². The van der Waals surface area contributed by atoms with Crippen LogP contribution in [-0.4, -0.2) is 11.2 Å². The summed E-state index contributed by atoms with van der Waals surface area (Å²) in [5, 5.41) is 9.87. The summed E-state index contributed by atoms with van der Waals surface area (Å²) in [4.78, 5) is 0. The van der Waals surface area contributed by atoms with Gasteiger partial charge in [0.1, 0.15) is 0 Å². The molecule has 0 saturated heterocycles. The van der Waals surface area contributed by atoms with Crippen LogP contribution in [0.25, 0.3) is 0 Å². The molecule has 0 rings (SSSR count). The third-order valence-corrected chi connectivity index (χ3v) is 2.85. The van der Waals surface area contributed by atoms with Gasteiger partial charge < -0.3 is 5.11 Å². The normalized spacial score (nSPS) is 15.9. The Bertz CT molecular complexity index is 120. The molecule has 0 aromatic rings. The number of aliphatic hydroxyl groups excluding tert-OH is 1. The van der Waals surface area contributed by atoms with Gasteiger partial charge in [-0.25, -0.2) is 0 Å². The number of aliphatic hydroxyl groups is 1. The van der Waals surface area contributed by atoms with Gasteiger partial charge in [-0.05, 0) is 24.7 Å². The third-order valence-electron chi connectivity index (χ3n) is 2.85. The van der Waals surface area contributed by atoms with Crippen molar-refractivity contribution in [3.05, 3.63) is 0 Å². The molecule has 0 spiro atoms. The maximum Gasteiger partial charge on any atom is 0.0565 e. The molecule has 0 aromatic heterocycles. The van der Waals surface area contributed by atoms with Gasteiger partial charge in [0, 0.05) is 0 Å². The second kappa shape index (κ2) is 8.28. The van der Waals surface area contributed by atoms with Gasteiger partial charge in [0.05, 0.1) is 6.10 Å². The molecular formula is C13H28O. The van der Waals surface area contributed by atoms with Crippen molar-refractivity contribution in [1.82, 2.24) is 0 Å². The van der Waals surface area contributed by atoms with Crippen LogP contribution in [0, 0.1) is 11.8 Å². The fourth-order valence-electron chi connectivity index (χ4n) is 1.97. The Morgan fingerprint density at radius 2 is 1.64 bits per heavy atom. The first-order chi connectivity index (χ1) is 6.57. The summed E-state index contributed by atoms with van der Waals surface area (Å²) in [5.74, 6) is 1.17. The minimum absolute atomic E-state index is 0.0748. The minimum atomic E-state index is -0.0748. The van der Waals surface area contributed by atoms with Crippen LogP contribution in [0.15, 0.2) is 0 Å². The molecule has 0 saturated carbocycles. The SMILES string of the molecule is CCCCCCC(O)C(C)CC(C)C. The first kappa shape index (κ1) is 14.0. The number of hydrogen-bond donors (Lipinski definition) is 1. The molecule has 0 heterocycles. The van der Waals surface area contributed by atoms with Crippen LogP contribution in [0.3, 0.4) is 0 Å². The Labute approximate surface area is 89.9 Å². The molecule has 0 aliphatic carbocycles. The molecule has 0 radical (unpaired) electrons. The molecule has 2 atom stereocenters. The van der Waals surface area contributed by atoms with Gasteiger partial charge >= 0.3 is 0 Å². The average molecular weight is 200 g/mol.